The van der Waals surface area contributed by atoms with Crippen molar-refractivity contribution in [3.63, 3.8) is 0 Å². The highest BCUT2D eigenvalue weighted by atomic mass is 16.3. The molecule has 0 aliphatic heterocycles. The van der Waals surface area contributed by atoms with E-state index in [9.17, 15) is 5.11 Å². The molecule has 4 nitrogen and oxygen atoms in total. The second-order valence-corrected chi connectivity index (χ2v) is 4.43. The maximum absolute atomic E-state index is 9.41. The largest absolute Gasteiger partial charge is 0.392 e. The van der Waals surface area contributed by atoms with E-state index in [1.807, 2.05) is 20.0 Å². The van der Waals surface area contributed by atoms with E-state index >= 15 is 0 Å². The second kappa shape index (κ2) is 3.87. The zero-order valence-corrected chi connectivity index (χ0v) is 10.2. The molecule has 0 aliphatic rings. The highest BCUT2D eigenvalue weighted by Crippen LogP contribution is 2.24. The summed E-state index contributed by atoms with van der Waals surface area (Å²) in [7, 11) is 1.88. The molecule has 0 fully saturated rings. The van der Waals surface area contributed by atoms with Crippen LogP contribution >= 0.6 is 0 Å². The lowest BCUT2D eigenvalue weighted by atomic mass is 10.0. The van der Waals surface area contributed by atoms with Crippen LogP contribution < -0.4 is 0 Å². The Labute approximate surface area is 94.9 Å². The first-order valence-corrected chi connectivity index (χ1v) is 5.48. The first kappa shape index (κ1) is 11.1. The number of pyridine rings is 1. The molecule has 0 amide bonds. The number of hydrogen-bond donors (Lipinski definition) is 1. The normalized spacial score (nSPS) is 11.6. The first-order valence-electron chi connectivity index (χ1n) is 5.48. The van der Waals surface area contributed by atoms with Gasteiger partial charge in [-0.1, -0.05) is 13.8 Å². The molecule has 16 heavy (non-hydrogen) atoms. The van der Waals surface area contributed by atoms with Crippen LogP contribution in [-0.2, 0) is 13.7 Å². The van der Waals surface area contributed by atoms with E-state index in [1.54, 1.807) is 4.68 Å². The molecule has 0 aliphatic carbocycles. The molecular weight excluding hydrogens is 202 g/mol. The fourth-order valence-corrected chi connectivity index (χ4v) is 1.98. The van der Waals surface area contributed by atoms with Gasteiger partial charge < -0.3 is 5.11 Å². The maximum Gasteiger partial charge on any atom is 0.158 e. The number of aliphatic hydroxyl groups excluding tert-OH is 1. The Morgan fingerprint density at radius 2 is 2.12 bits per heavy atom. The van der Waals surface area contributed by atoms with Gasteiger partial charge in [0.1, 0.15) is 0 Å². The van der Waals surface area contributed by atoms with E-state index in [-0.39, 0.29) is 6.61 Å². The summed E-state index contributed by atoms with van der Waals surface area (Å²) in [5.74, 6) is 0.352. The Hall–Kier alpha value is -1.42. The van der Waals surface area contributed by atoms with Crippen molar-refractivity contribution in [2.75, 3.05) is 0 Å². The molecule has 86 valence electrons. The smallest absolute Gasteiger partial charge is 0.158 e. The summed E-state index contributed by atoms with van der Waals surface area (Å²) in [6.07, 6.45) is 0. The van der Waals surface area contributed by atoms with Crippen LogP contribution in [0.5, 0.6) is 0 Å². The molecule has 0 aromatic carbocycles. The quantitative estimate of drug-likeness (QED) is 0.839. The lowest BCUT2D eigenvalue weighted by Crippen LogP contribution is -1.99. The average Bonchev–Trinajstić information content (AvgIpc) is 2.53. The first-order chi connectivity index (χ1) is 7.54. The van der Waals surface area contributed by atoms with Crippen LogP contribution in [0.15, 0.2) is 6.07 Å². The number of aromatic nitrogens is 3. The number of fused-ring (bicyclic) bond motifs is 1. The Balaban J connectivity index is 2.81. The van der Waals surface area contributed by atoms with E-state index in [1.165, 1.54) is 0 Å². The number of nitrogens with zero attached hydrogens (tertiary/aromatic N) is 3. The summed E-state index contributed by atoms with van der Waals surface area (Å²) in [6, 6.07) is 1.97. The van der Waals surface area contributed by atoms with Gasteiger partial charge in [0, 0.05) is 18.1 Å². The number of aryl methyl sites for hydroxylation is 2. The number of hydrogen-bond acceptors (Lipinski definition) is 3. The Morgan fingerprint density at radius 1 is 1.44 bits per heavy atom. The van der Waals surface area contributed by atoms with Crippen molar-refractivity contribution in [1.29, 1.82) is 0 Å². The molecule has 0 spiro atoms. The Kier molecular flexibility index (Phi) is 2.68. The van der Waals surface area contributed by atoms with Gasteiger partial charge in [-0.05, 0) is 24.5 Å². The predicted octanol–water partition coefficient (Wildman–Crippen LogP) is 1.89. The van der Waals surface area contributed by atoms with Gasteiger partial charge in [0.15, 0.2) is 5.65 Å². The molecule has 2 rings (SSSR count). The summed E-state index contributed by atoms with van der Waals surface area (Å²) in [5, 5.41) is 14.7. The monoisotopic (exact) mass is 219 g/mol. The maximum atomic E-state index is 9.41. The van der Waals surface area contributed by atoms with Crippen molar-refractivity contribution in [2.45, 2.75) is 33.3 Å². The molecule has 0 atom stereocenters. The minimum atomic E-state index is 0.0330. The molecule has 1 N–H and O–H groups in total. The number of aliphatic hydroxyl groups is 1. The third kappa shape index (κ3) is 1.59. The molecule has 2 aromatic rings. The molecule has 4 heteroatoms. The molecule has 2 aromatic heterocycles. The van der Waals surface area contributed by atoms with Crippen LogP contribution in [0.2, 0.25) is 0 Å². The Bertz CT molecular complexity index is 529. The molecule has 2 heterocycles. The van der Waals surface area contributed by atoms with E-state index in [0.29, 0.717) is 5.92 Å². The topological polar surface area (TPSA) is 50.9 Å². The molecule has 0 bridgehead atoms. The zero-order chi connectivity index (χ0) is 11.9. The third-order valence-corrected chi connectivity index (χ3v) is 2.83. The standard InChI is InChI=1S/C12H17N3O/c1-7(2)10-5-9(6-16)11-8(3)14-15(4)12(11)13-10/h5,7,16H,6H2,1-4H3. The van der Waals surface area contributed by atoms with Gasteiger partial charge in [0.2, 0.25) is 0 Å². The fraction of sp³-hybridized carbons (Fsp3) is 0.500. The van der Waals surface area contributed by atoms with E-state index in [2.05, 4.69) is 23.9 Å². The SMILES string of the molecule is Cc1nn(C)c2nc(C(C)C)cc(CO)c12. The van der Waals surface area contributed by atoms with Gasteiger partial charge in [-0.25, -0.2) is 4.98 Å². The third-order valence-electron chi connectivity index (χ3n) is 2.83. The minimum absolute atomic E-state index is 0.0330. The van der Waals surface area contributed by atoms with Crippen LogP contribution in [0.25, 0.3) is 11.0 Å². The van der Waals surface area contributed by atoms with Crippen molar-refractivity contribution < 1.29 is 5.11 Å². The number of rotatable bonds is 2. The van der Waals surface area contributed by atoms with Crippen LogP contribution in [0.4, 0.5) is 0 Å². The van der Waals surface area contributed by atoms with Crippen LogP contribution in [0, 0.1) is 6.92 Å². The molecule has 0 saturated carbocycles. The lowest BCUT2D eigenvalue weighted by Gasteiger charge is -2.08. The Morgan fingerprint density at radius 3 is 2.69 bits per heavy atom. The molecule has 0 radical (unpaired) electrons. The predicted molar refractivity (Wildman–Crippen MR) is 63.3 cm³/mol. The van der Waals surface area contributed by atoms with Crippen molar-refractivity contribution in [3.05, 3.63) is 23.0 Å². The van der Waals surface area contributed by atoms with Gasteiger partial charge in [0.05, 0.1) is 12.3 Å². The van der Waals surface area contributed by atoms with Crippen molar-refractivity contribution in [3.8, 4) is 0 Å². The lowest BCUT2D eigenvalue weighted by molar-refractivity contribution is 0.283. The fourth-order valence-electron chi connectivity index (χ4n) is 1.98. The van der Waals surface area contributed by atoms with Gasteiger partial charge in [-0.2, -0.15) is 5.10 Å². The van der Waals surface area contributed by atoms with E-state index in [0.717, 1.165) is 28.0 Å². The van der Waals surface area contributed by atoms with Crippen molar-refractivity contribution >= 4 is 11.0 Å². The van der Waals surface area contributed by atoms with Crippen molar-refractivity contribution in [2.24, 2.45) is 7.05 Å². The minimum Gasteiger partial charge on any atom is -0.392 e. The molecular formula is C12H17N3O. The summed E-state index contributed by atoms with van der Waals surface area (Å²) in [6.45, 7) is 6.17. The van der Waals surface area contributed by atoms with Gasteiger partial charge >= 0.3 is 0 Å². The van der Waals surface area contributed by atoms with Gasteiger partial charge in [-0.3, -0.25) is 4.68 Å². The van der Waals surface area contributed by atoms with Crippen molar-refractivity contribution in [1.82, 2.24) is 14.8 Å². The second-order valence-electron chi connectivity index (χ2n) is 4.43. The zero-order valence-electron chi connectivity index (χ0n) is 10.2. The van der Waals surface area contributed by atoms with Crippen LogP contribution in [-0.4, -0.2) is 19.9 Å². The highest BCUT2D eigenvalue weighted by Gasteiger charge is 2.13. The summed E-state index contributed by atoms with van der Waals surface area (Å²) in [5.41, 5.74) is 3.69. The molecule has 0 unspecified atom stereocenters. The summed E-state index contributed by atoms with van der Waals surface area (Å²) >= 11 is 0. The van der Waals surface area contributed by atoms with Gasteiger partial charge in [0.25, 0.3) is 0 Å². The molecule has 0 saturated heterocycles. The van der Waals surface area contributed by atoms with E-state index < -0.39 is 0 Å². The van der Waals surface area contributed by atoms with Gasteiger partial charge in [-0.15, -0.1) is 0 Å². The highest BCUT2D eigenvalue weighted by molar-refractivity contribution is 5.82. The van der Waals surface area contributed by atoms with Crippen LogP contribution in [0.3, 0.4) is 0 Å². The summed E-state index contributed by atoms with van der Waals surface area (Å²) in [4.78, 5) is 4.59. The van der Waals surface area contributed by atoms with Crippen LogP contribution in [0.1, 0.15) is 36.7 Å². The van der Waals surface area contributed by atoms with E-state index in [4.69, 9.17) is 0 Å². The average molecular weight is 219 g/mol. The summed E-state index contributed by atoms with van der Waals surface area (Å²) < 4.78 is 1.77.